The first-order valence-electron chi connectivity index (χ1n) is 15.6. The van der Waals surface area contributed by atoms with Crippen LogP contribution in [0.15, 0.2) is 71.7 Å². The molecule has 2 fully saturated rings. The number of aryl methyl sites for hydroxylation is 1. The van der Waals surface area contributed by atoms with E-state index in [1.165, 1.54) is 5.56 Å². The van der Waals surface area contributed by atoms with Crippen LogP contribution in [0.25, 0.3) is 22.2 Å². The van der Waals surface area contributed by atoms with Gasteiger partial charge in [0.15, 0.2) is 0 Å². The molecule has 2 aromatic heterocycles. The number of likely N-dealkylation sites (tertiary alicyclic amines) is 2. The number of hydrogen-bond donors (Lipinski definition) is 1. The summed E-state index contributed by atoms with van der Waals surface area (Å²) >= 11 is 0. The molecule has 4 heterocycles. The summed E-state index contributed by atoms with van der Waals surface area (Å²) in [6.45, 7) is 11.5. The number of piperidine rings is 1. The van der Waals surface area contributed by atoms with Gasteiger partial charge >= 0.3 is 6.09 Å². The molecular formula is C35H42N6O3. The van der Waals surface area contributed by atoms with Gasteiger partial charge in [-0.15, -0.1) is 0 Å². The molecule has 9 heteroatoms. The van der Waals surface area contributed by atoms with E-state index in [1.54, 1.807) is 4.90 Å². The molecule has 2 aliphatic heterocycles. The number of pyridine rings is 1. The second-order valence-corrected chi connectivity index (χ2v) is 13.1. The number of amides is 1. The summed E-state index contributed by atoms with van der Waals surface area (Å²) in [6, 6.07) is 20.5. The van der Waals surface area contributed by atoms with Crippen LogP contribution in [0.2, 0.25) is 0 Å². The zero-order valence-corrected chi connectivity index (χ0v) is 26.1. The largest absolute Gasteiger partial charge is 0.444 e. The van der Waals surface area contributed by atoms with E-state index >= 15 is 0 Å². The van der Waals surface area contributed by atoms with E-state index < -0.39 is 5.60 Å². The Balaban J connectivity index is 1.28. The van der Waals surface area contributed by atoms with Crippen LogP contribution >= 0.6 is 0 Å². The predicted octanol–water partition coefficient (Wildman–Crippen LogP) is 6.03. The molecule has 0 saturated carbocycles. The zero-order chi connectivity index (χ0) is 30.8. The van der Waals surface area contributed by atoms with Crippen LogP contribution < -0.4 is 10.9 Å². The number of carbonyl (C=O) groups excluding carboxylic acids is 1. The van der Waals surface area contributed by atoms with E-state index in [1.807, 2.05) is 74.9 Å². The second kappa shape index (κ2) is 12.4. The van der Waals surface area contributed by atoms with Crippen molar-refractivity contribution in [3.8, 4) is 11.1 Å². The van der Waals surface area contributed by atoms with E-state index in [0.717, 1.165) is 55.4 Å². The molecule has 0 unspecified atom stereocenters. The van der Waals surface area contributed by atoms with Gasteiger partial charge < -0.3 is 15.0 Å². The summed E-state index contributed by atoms with van der Waals surface area (Å²) in [4.78, 5) is 40.7. The van der Waals surface area contributed by atoms with Gasteiger partial charge in [-0.2, -0.15) is 4.98 Å². The summed E-state index contributed by atoms with van der Waals surface area (Å²) in [5, 5.41) is 4.26. The fourth-order valence-electron chi connectivity index (χ4n) is 6.33. The van der Waals surface area contributed by atoms with Gasteiger partial charge in [0.1, 0.15) is 11.2 Å². The topological polar surface area (TPSA) is 92.6 Å². The molecule has 0 radical (unpaired) electrons. The van der Waals surface area contributed by atoms with Gasteiger partial charge in [0.2, 0.25) is 5.95 Å². The molecule has 2 aliphatic rings. The molecule has 0 bridgehead atoms. The van der Waals surface area contributed by atoms with Crippen molar-refractivity contribution in [2.24, 2.45) is 0 Å². The number of carbonyl (C=O) groups is 1. The van der Waals surface area contributed by atoms with Crippen molar-refractivity contribution in [1.82, 2.24) is 24.3 Å². The Morgan fingerprint density at radius 3 is 2.43 bits per heavy atom. The maximum atomic E-state index is 14.3. The maximum absolute atomic E-state index is 14.3. The first-order valence-corrected chi connectivity index (χ1v) is 15.6. The Hall–Kier alpha value is -4.24. The third-order valence-electron chi connectivity index (χ3n) is 8.55. The number of rotatable bonds is 6. The lowest BCUT2D eigenvalue weighted by Gasteiger charge is -2.33. The summed E-state index contributed by atoms with van der Waals surface area (Å²) < 4.78 is 7.48. The predicted molar refractivity (Wildman–Crippen MR) is 174 cm³/mol. The van der Waals surface area contributed by atoms with Gasteiger partial charge in [0.25, 0.3) is 5.56 Å². The van der Waals surface area contributed by atoms with Gasteiger partial charge in [0, 0.05) is 62.0 Å². The number of fused-ring (bicyclic) bond motifs is 1. The van der Waals surface area contributed by atoms with Crippen molar-refractivity contribution >= 4 is 23.1 Å². The molecule has 1 N–H and O–H groups in total. The SMILES string of the molecule is Cc1ccccc1-c1cc2cnc(N[C@H]3CCN(C(=O)OC(C)(C)C)C3)nc2n(C2CCN(Cc3ccccc3)CC2)c1=O. The highest BCUT2D eigenvalue weighted by Gasteiger charge is 2.31. The van der Waals surface area contributed by atoms with Crippen LogP contribution in [-0.4, -0.2) is 68.3 Å². The minimum absolute atomic E-state index is 0.00685. The fraction of sp³-hybridized carbons (Fsp3) is 0.429. The molecule has 1 amide bonds. The fourth-order valence-corrected chi connectivity index (χ4v) is 6.33. The lowest BCUT2D eigenvalue weighted by atomic mass is 9.99. The highest BCUT2D eigenvalue weighted by molar-refractivity contribution is 5.82. The number of anilines is 1. The molecule has 0 spiro atoms. The Morgan fingerprint density at radius 2 is 1.70 bits per heavy atom. The third-order valence-corrected chi connectivity index (χ3v) is 8.55. The molecular weight excluding hydrogens is 552 g/mol. The van der Waals surface area contributed by atoms with Gasteiger partial charge in [-0.3, -0.25) is 14.3 Å². The Kier molecular flexibility index (Phi) is 8.40. The number of aromatic nitrogens is 3. The minimum Gasteiger partial charge on any atom is -0.444 e. The number of benzene rings is 2. The second-order valence-electron chi connectivity index (χ2n) is 13.1. The number of nitrogens with zero attached hydrogens (tertiary/aromatic N) is 5. The van der Waals surface area contributed by atoms with E-state index in [-0.39, 0.29) is 23.7 Å². The van der Waals surface area contributed by atoms with Crippen molar-refractivity contribution in [1.29, 1.82) is 0 Å². The molecule has 44 heavy (non-hydrogen) atoms. The number of ether oxygens (including phenoxy) is 1. The first-order chi connectivity index (χ1) is 21.1. The molecule has 4 aromatic rings. The summed E-state index contributed by atoms with van der Waals surface area (Å²) in [6.07, 6.45) is 3.99. The van der Waals surface area contributed by atoms with Crippen LogP contribution in [0.3, 0.4) is 0 Å². The highest BCUT2D eigenvalue weighted by Crippen LogP contribution is 2.30. The third kappa shape index (κ3) is 6.63. The van der Waals surface area contributed by atoms with Gasteiger partial charge in [-0.1, -0.05) is 54.6 Å². The molecule has 2 saturated heterocycles. The normalized spacial score (nSPS) is 18.1. The van der Waals surface area contributed by atoms with Crippen molar-refractivity contribution in [3.05, 3.63) is 88.3 Å². The van der Waals surface area contributed by atoms with Crippen LogP contribution in [-0.2, 0) is 11.3 Å². The monoisotopic (exact) mass is 594 g/mol. The van der Waals surface area contributed by atoms with Gasteiger partial charge in [-0.25, -0.2) is 9.78 Å². The minimum atomic E-state index is -0.539. The van der Waals surface area contributed by atoms with Crippen LogP contribution in [0.4, 0.5) is 10.7 Å². The molecule has 1 atom stereocenters. The highest BCUT2D eigenvalue weighted by atomic mass is 16.6. The first kappa shape index (κ1) is 29.8. The Bertz CT molecular complexity index is 1690. The standard InChI is InChI=1S/C35H42N6O3/c1-24-10-8-9-13-29(24)30-20-26-21-36-33(37-27-14-19-40(23-27)34(43)44-35(2,3)4)38-31(26)41(32(30)42)28-15-17-39(18-16-28)22-25-11-6-5-7-12-25/h5-13,20-21,27-28H,14-19,22-23H2,1-4H3,(H,36,37,38)/t27-/m0/s1. The quantitative estimate of drug-likeness (QED) is 0.292. The molecule has 230 valence electrons. The van der Waals surface area contributed by atoms with Crippen molar-refractivity contribution < 1.29 is 9.53 Å². The van der Waals surface area contributed by atoms with E-state index in [4.69, 9.17) is 9.72 Å². The molecule has 6 rings (SSSR count). The average Bonchev–Trinajstić information content (AvgIpc) is 3.46. The van der Waals surface area contributed by atoms with Gasteiger partial charge in [0.05, 0.1) is 0 Å². The van der Waals surface area contributed by atoms with Crippen molar-refractivity contribution in [2.45, 2.75) is 71.2 Å². The Labute approximate surface area is 258 Å². The number of nitrogens with one attached hydrogen (secondary N) is 1. The smallest absolute Gasteiger partial charge is 0.410 e. The zero-order valence-electron chi connectivity index (χ0n) is 26.1. The van der Waals surface area contributed by atoms with Crippen molar-refractivity contribution in [2.75, 3.05) is 31.5 Å². The van der Waals surface area contributed by atoms with E-state index in [9.17, 15) is 9.59 Å². The molecule has 0 aliphatic carbocycles. The Morgan fingerprint density at radius 1 is 0.977 bits per heavy atom. The number of hydrogen-bond acceptors (Lipinski definition) is 7. The van der Waals surface area contributed by atoms with E-state index in [2.05, 4.69) is 39.5 Å². The molecule has 2 aromatic carbocycles. The lowest BCUT2D eigenvalue weighted by Crippen LogP contribution is -2.38. The molecule has 9 nitrogen and oxygen atoms in total. The van der Waals surface area contributed by atoms with Gasteiger partial charge in [-0.05, 0) is 69.7 Å². The van der Waals surface area contributed by atoms with E-state index in [0.29, 0.717) is 30.2 Å². The summed E-state index contributed by atoms with van der Waals surface area (Å²) in [7, 11) is 0. The summed E-state index contributed by atoms with van der Waals surface area (Å²) in [5.74, 6) is 0.465. The summed E-state index contributed by atoms with van der Waals surface area (Å²) in [5.41, 5.74) is 4.06. The van der Waals surface area contributed by atoms with Crippen LogP contribution in [0, 0.1) is 6.92 Å². The van der Waals surface area contributed by atoms with Crippen LogP contribution in [0.1, 0.15) is 57.2 Å². The van der Waals surface area contributed by atoms with Crippen LogP contribution in [0.5, 0.6) is 0 Å². The lowest BCUT2D eigenvalue weighted by molar-refractivity contribution is 0.0293. The maximum Gasteiger partial charge on any atom is 0.410 e. The average molecular weight is 595 g/mol. The van der Waals surface area contributed by atoms with Crippen molar-refractivity contribution in [3.63, 3.8) is 0 Å².